The van der Waals surface area contributed by atoms with Crippen molar-refractivity contribution in [3.8, 4) is 0 Å². The van der Waals surface area contributed by atoms with Gasteiger partial charge in [-0.3, -0.25) is 0 Å². The molecule has 2 heterocycles. The van der Waals surface area contributed by atoms with Gasteiger partial charge < -0.3 is 5.73 Å². The summed E-state index contributed by atoms with van der Waals surface area (Å²) in [5, 5.41) is 0.434. The van der Waals surface area contributed by atoms with Gasteiger partial charge in [0.25, 0.3) is 0 Å². The molecule has 1 aromatic heterocycles. The molecule has 2 rings (SSSR count). The number of nitrogen functional groups attached to an aromatic ring is 1. The number of nitrogens with two attached hydrogens (primary N) is 1. The van der Waals surface area contributed by atoms with Crippen molar-refractivity contribution in [3.05, 3.63) is 11.6 Å². The molecule has 1 unspecified atom stereocenters. The summed E-state index contributed by atoms with van der Waals surface area (Å²) in [7, 11) is 0. The Bertz CT molecular complexity index is 289. The van der Waals surface area contributed by atoms with E-state index in [4.69, 9.17) is 5.73 Å². The summed E-state index contributed by atoms with van der Waals surface area (Å²) in [6.45, 7) is 1.85. The second-order valence-corrected chi connectivity index (χ2v) is 4.41. The fourth-order valence-electron chi connectivity index (χ4n) is 1.45. The predicted octanol–water partition coefficient (Wildman–Crippen LogP) is 1.33. The number of hydrogen-bond acceptors (Lipinski definition) is 5. The number of nitrogens with zero attached hydrogens (tertiary/aromatic N) is 3. The summed E-state index contributed by atoms with van der Waals surface area (Å²) < 4.78 is 0. The van der Waals surface area contributed by atoms with Crippen LogP contribution in [0.4, 0.5) is 5.95 Å². The van der Waals surface area contributed by atoms with Crippen LogP contribution in [0.25, 0.3) is 0 Å². The Morgan fingerprint density at radius 1 is 1.38 bits per heavy atom. The van der Waals surface area contributed by atoms with Crippen molar-refractivity contribution in [2.75, 3.05) is 11.5 Å². The second kappa shape index (κ2) is 3.49. The molecule has 70 valence electrons. The molecule has 1 fully saturated rings. The van der Waals surface area contributed by atoms with Gasteiger partial charge in [0.1, 0.15) is 11.6 Å². The number of rotatable bonds is 1. The number of aryl methyl sites for hydroxylation is 1. The van der Waals surface area contributed by atoms with Gasteiger partial charge in [0.05, 0.1) is 5.25 Å². The van der Waals surface area contributed by atoms with Gasteiger partial charge in [0, 0.05) is 0 Å². The Labute approximate surface area is 81.4 Å². The Hall–Kier alpha value is -0.840. The fraction of sp³-hybridized carbons (Fsp3) is 0.625. The molecule has 0 saturated carbocycles. The zero-order valence-electron chi connectivity index (χ0n) is 7.53. The van der Waals surface area contributed by atoms with Gasteiger partial charge in [-0.15, -0.1) is 0 Å². The maximum atomic E-state index is 5.56. The first-order valence-electron chi connectivity index (χ1n) is 4.35. The third-order valence-electron chi connectivity index (χ3n) is 2.00. The summed E-state index contributed by atoms with van der Waals surface area (Å²) in [5.41, 5.74) is 5.56. The van der Waals surface area contributed by atoms with Crippen LogP contribution in [0.2, 0.25) is 0 Å². The van der Waals surface area contributed by atoms with E-state index >= 15 is 0 Å². The highest BCUT2D eigenvalue weighted by Gasteiger charge is 2.20. The average molecular weight is 196 g/mol. The van der Waals surface area contributed by atoms with Crippen molar-refractivity contribution in [1.82, 2.24) is 15.0 Å². The number of thioether (sulfide) groups is 1. The molecule has 1 atom stereocenters. The quantitative estimate of drug-likeness (QED) is 0.734. The highest BCUT2D eigenvalue weighted by atomic mass is 32.2. The number of aromatic nitrogens is 3. The van der Waals surface area contributed by atoms with Gasteiger partial charge in [-0.25, -0.2) is 4.98 Å². The lowest BCUT2D eigenvalue weighted by atomic mass is 10.2. The van der Waals surface area contributed by atoms with Gasteiger partial charge in [-0.1, -0.05) is 0 Å². The van der Waals surface area contributed by atoms with Gasteiger partial charge in [-0.2, -0.15) is 21.7 Å². The lowest BCUT2D eigenvalue weighted by molar-refractivity contribution is 0.760. The predicted molar refractivity (Wildman–Crippen MR) is 53.4 cm³/mol. The Kier molecular flexibility index (Phi) is 2.35. The van der Waals surface area contributed by atoms with E-state index in [2.05, 4.69) is 15.0 Å². The summed E-state index contributed by atoms with van der Waals surface area (Å²) in [6, 6.07) is 0. The minimum absolute atomic E-state index is 0.343. The van der Waals surface area contributed by atoms with Crippen LogP contribution in [0.1, 0.15) is 29.7 Å². The first kappa shape index (κ1) is 8.74. The van der Waals surface area contributed by atoms with Crippen molar-refractivity contribution in [1.29, 1.82) is 0 Å². The van der Waals surface area contributed by atoms with Gasteiger partial charge in [0.15, 0.2) is 0 Å². The summed E-state index contributed by atoms with van der Waals surface area (Å²) in [4.78, 5) is 12.4. The van der Waals surface area contributed by atoms with E-state index in [1.165, 1.54) is 12.2 Å². The van der Waals surface area contributed by atoms with Crippen LogP contribution in [-0.2, 0) is 0 Å². The van der Waals surface area contributed by atoms with Crippen LogP contribution in [0.5, 0.6) is 0 Å². The number of hydrogen-bond donors (Lipinski definition) is 1. The molecular weight excluding hydrogens is 184 g/mol. The Morgan fingerprint density at radius 3 is 2.85 bits per heavy atom. The van der Waals surface area contributed by atoms with E-state index in [0.29, 0.717) is 11.2 Å². The zero-order valence-corrected chi connectivity index (χ0v) is 8.34. The molecule has 0 spiro atoms. The Morgan fingerprint density at radius 2 is 2.23 bits per heavy atom. The molecule has 4 nitrogen and oxygen atoms in total. The van der Waals surface area contributed by atoms with Gasteiger partial charge in [-0.05, 0) is 25.5 Å². The van der Waals surface area contributed by atoms with Crippen LogP contribution in [0.15, 0.2) is 0 Å². The molecular formula is C8H12N4S. The molecule has 2 N–H and O–H groups in total. The largest absolute Gasteiger partial charge is 0.368 e. The van der Waals surface area contributed by atoms with E-state index in [-0.39, 0.29) is 0 Å². The van der Waals surface area contributed by atoms with E-state index in [1.807, 2.05) is 18.7 Å². The van der Waals surface area contributed by atoms with E-state index in [9.17, 15) is 0 Å². The standard InChI is InChI=1S/C8H12N4S/c1-5-10-7(12-8(9)11-5)6-3-2-4-13-6/h6H,2-4H2,1H3,(H2,9,10,11,12). The van der Waals surface area contributed by atoms with Crippen LogP contribution in [-0.4, -0.2) is 20.7 Å². The third-order valence-corrected chi connectivity index (χ3v) is 3.37. The van der Waals surface area contributed by atoms with Crippen LogP contribution < -0.4 is 5.73 Å². The van der Waals surface area contributed by atoms with Gasteiger partial charge in [0.2, 0.25) is 5.95 Å². The first-order valence-corrected chi connectivity index (χ1v) is 5.40. The molecule has 0 aromatic carbocycles. The van der Waals surface area contributed by atoms with Crippen molar-refractivity contribution in [2.24, 2.45) is 0 Å². The molecule has 13 heavy (non-hydrogen) atoms. The first-order chi connectivity index (χ1) is 6.25. The van der Waals surface area contributed by atoms with Crippen LogP contribution in [0, 0.1) is 6.92 Å². The fourth-order valence-corrected chi connectivity index (χ4v) is 2.65. The Balaban J connectivity index is 2.28. The van der Waals surface area contributed by atoms with Crippen LogP contribution in [0.3, 0.4) is 0 Å². The van der Waals surface area contributed by atoms with Crippen molar-refractivity contribution in [2.45, 2.75) is 25.0 Å². The van der Waals surface area contributed by atoms with E-state index in [1.54, 1.807) is 0 Å². The van der Waals surface area contributed by atoms with Crippen molar-refractivity contribution < 1.29 is 0 Å². The highest BCUT2D eigenvalue weighted by molar-refractivity contribution is 7.99. The SMILES string of the molecule is Cc1nc(N)nc(C2CCCS2)n1. The van der Waals surface area contributed by atoms with Crippen LogP contribution >= 0.6 is 11.8 Å². The smallest absolute Gasteiger partial charge is 0.223 e. The molecule has 1 saturated heterocycles. The van der Waals surface area contributed by atoms with Crippen molar-refractivity contribution in [3.63, 3.8) is 0 Å². The molecule has 0 bridgehead atoms. The topological polar surface area (TPSA) is 64.7 Å². The normalized spacial score (nSPS) is 22.1. The average Bonchev–Trinajstić information content (AvgIpc) is 2.53. The highest BCUT2D eigenvalue weighted by Crippen LogP contribution is 2.37. The minimum atomic E-state index is 0.343. The monoisotopic (exact) mass is 196 g/mol. The summed E-state index contributed by atoms with van der Waals surface area (Å²) >= 11 is 1.90. The minimum Gasteiger partial charge on any atom is -0.368 e. The second-order valence-electron chi connectivity index (χ2n) is 3.10. The van der Waals surface area contributed by atoms with Gasteiger partial charge >= 0.3 is 0 Å². The van der Waals surface area contributed by atoms with E-state index < -0.39 is 0 Å². The lowest BCUT2D eigenvalue weighted by Gasteiger charge is -2.07. The maximum absolute atomic E-state index is 5.56. The molecule has 0 aliphatic carbocycles. The molecule has 1 aliphatic rings. The third kappa shape index (κ3) is 1.91. The molecule has 5 heteroatoms. The molecule has 1 aromatic rings. The summed E-state index contributed by atoms with van der Waals surface area (Å²) in [5.74, 6) is 3.12. The lowest BCUT2D eigenvalue weighted by Crippen LogP contribution is -2.06. The molecule has 0 amide bonds. The summed E-state index contributed by atoms with van der Waals surface area (Å²) in [6.07, 6.45) is 2.41. The van der Waals surface area contributed by atoms with E-state index in [0.717, 1.165) is 18.1 Å². The van der Waals surface area contributed by atoms with Crippen molar-refractivity contribution >= 4 is 17.7 Å². The molecule has 1 aliphatic heterocycles. The zero-order chi connectivity index (χ0) is 9.26. The molecule has 0 radical (unpaired) electrons. The maximum Gasteiger partial charge on any atom is 0.223 e. The number of anilines is 1.